The number of aromatic nitrogens is 2. The average molecular weight is 439 g/mol. The molecule has 0 aliphatic carbocycles. The molecule has 0 aliphatic heterocycles. The highest BCUT2D eigenvalue weighted by molar-refractivity contribution is 6.07. The van der Waals surface area contributed by atoms with Gasteiger partial charge in [0.1, 0.15) is 0 Å². The number of hydrogen-bond donors (Lipinski definition) is 2. The van der Waals surface area contributed by atoms with Crippen LogP contribution in [0.15, 0.2) is 79.0 Å². The Morgan fingerprint density at radius 1 is 0.697 bits per heavy atom. The molecule has 0 aliphatic rings. The van der Waals surface area contributed by atoms with Gasteiger partial charge in [0, 0.05) is 23.1 Å². The maximum absolute atomic E-state index is 13.2. The second-order valence-corrected chi connectivity index (χ2v) is 10.9. The fourth-order valence-electron chi connectivity index (χ4n) is 4.22. The summed E-state index contributed by atoms with van der Waals surface area (Å²) in [6.45, 7) is 13.2. The molecule has 170 valence electrons. The average Bonchev–Trinajstić information content (AvgIpc) is 3.46. The number of carbonyl (C=O) groups is 1. The lowest BCUT2D eigenvalue weighted by atomic mass is 9.84. The van der Waals surface area contributed by atoms with Crippen molar-refractivity contribution < 1.29 is 4.79 Å². The SMILES string of the molecule is CC(C)(C)c1ccc(C(=O)c2ccc(C(c3ccc(C(C)(C)C)cc3)c3ccc[nH]3)[nH]2)cc1. The van der Waals surface area contributed by atoms with Crippen LogP contribution in [-0.2, 0) is 10.8 Å². The summed E-state index contributed by atoms with van der Waals surface area (Å²) in [6.07, 6.45) is 1.94. The van der Waals surface area contributed by atoms with Crippen molar-refractivity contribution in [3.05, 3.63) is 118 Å². The summed E-state index contributed by atoms with van der Waals surface area (Å²) in [6, 6.07) is 24.8. The van der Waals surface area contributed by atoms with Crippen LogP contribution in [-0.4, -0.2) is 15.8 Å². The quantitative estimate of drug-likeness (QED) is 0.314. The van der Waals surface area contributed by atoms with Gasteiger partial charge in [-0.3, -0.25) is 4.79 Å². The second kappa shape index (κ2) is 8.55. The lowest BCUT2D eigenvalue weighted by Crippen LogP contribution is -2.12. The minimum atomic E-state index is -0.00108. The largest absolute Gasteiger partial charge is 0.364 e. The van der Waals surface area contributed by atoms with E-state index < -0.39 is 0 Å². The first-order valence-electron chi connectivity index (χ1n) is 11.6. The maximum Gasteiger partial charge on any atom is 0.209 e. The number of benzene rings is 2. The molecule has 0 spiro atoms. The van der Waals surface area contributed by atoms with E-state index in [9.17, 15) is 4.79 Å². The van der Waals surface area contributed by atoms with Crippen molar-refractivity contribution >= 4 is 5.78 Å². The van der Waals surface area contributed by atoms with Crippen LogP contribution in [0.5, 0.6) is 0 Å². The van der Waals surface area contributed by atoms with Gasteiger partial charge in [0.15, 0.2) is 0 Å². The van der Waals surface area contributed by atoms with Gasteiger partial charge in [-0.05, 0) is 51.8 Å². The molecule has 0 fully saturated rings. The van der Waals surface area contributed by atoms with E-state index in [1.165, 1.54) is 16.7 Å². The number of ketones is 1. The highest BCUT2D eigenvalue weighted by Gasteiger charge is 2.22. The third-order valence-corrected chi connectivity index (χ3v) is 6.32. The lowest BCUT2D eigenvalue weighted by molar-refractivity contribution is 0.103. The molecular formula is C30H34N2O. The third-order valence-electron chi connectivity index (χ3n) is 6.32. The normalized spacial score (nSPS) is 13.2. The summed E-state index contributed by atoms with van der Waals surface area (Å²) < 4.78 is 0. The molecule has 0 amide bonds. The van der Waals surface area contributed by atoms with Crippen LogP contribution in [0, 0.1) is 0 Å². The Morgan fingerprint density at radius 2 is 1.27 bits per heavy atom. The third kappa shape index (κ3) is 4.88. The van der Waals surface area contributed by atoms with Crippen molar-refractivity contribution in [3.8, 4) is 0 Å². The van der Waals surface area contributed by atoms with Crippen molar-refractivity contribution in [1.29, 1.82) is 0 Å². The standard InChI is InChI=1S/C30H34N2O/c1-29(2,3)22-13-9-20(10-14-22)27(24-8-7-19-31-24)25-17-18-26(32-25)28(33)21-11-15-23(16-12-21)30(4,5)6/h7-19,27,31-32H,1-6H3. The molecular weight excluding hydrogens is 404 g/mol. The smallest absolute Gasteiger partial charge is 0.209 e. The van der Waals surface area contributed by atoms with Gasteiger partial charge in [0.25, 0.3) is 0 Å². The molecule has 4 rings (SSSR count). The monoisotopic (exact) mass is 438 g/mol. The van der Waals surface area contributed by atoms with E-state index in [-0.39, 0.29) is 22.5 Å². The summed E-state index contributed by atoms with van der Waals surface area (Å²) in [7, 11) is 0. The zero-order chi connectivity index (χ0) is 23.8. The fraction of sp³-hybridized carbons (Fsp3) is 0.300. The molecule has 0 radical (unpaired) electrons. The molecule has 2 N–H and O–H groups in total. The molecule has 4 aromatic rings. The number of aromatic amines is 2. The van der Waals surface area contributed by atoms with E-state index in [1.807, 2.05) is 36.5 Å². The van der Waals surface area contributed by atoms with E-state index in [4.69, 9.17) is 0 Å². The Kier molecular flexibility index (Phi) is 5.92. The summed E-state index contributed by atoms with van der Waals surface area (Å²) in [5.41, 5.74) is 7.26. The van der Waals surface area contributed by atoms with Gasteiger partial charge in [-0.1, -0.05) is 90.1 Å². The van der Waals surface area contributed by atoms with E-state index in [1.54, 1.807) is 0 Å². The number of H-pyrrole nitrogens is 2. The summed E-state index contributed by atoms with van der Waals surface area (Å²) in [4.78, 5) is 20.0. The molecule has 33 heavy (non-hydrogen) atoms. The Balaban J connectivity index is 1.65. The van der Waals surface area contributed by atoms with Gasteiger partial charge in [-0.2, -0.15) is 0 Å². The Bertz CT molecular complexity index is 1210. The molecule has 3 heteroatoms. The molecule has 1 atom stereocenters. The van der Waals surface area contributed by atoms with E-state index >= 15 is 0 Å². The first-order chi connectivity index (χ1) is 15.5. The van der Waals surface area contributed by atoms with Crippen molar-refractivity contribution in [2.45, 2.75) is 58.3 Å². The molecule has 0 saturated heterocycles. The first-order valence-corrected chi connectivity index (χ1v) is 11.6. The van der Waals surface area contributed by atoms with Gasteiger partial charge >= 0.3 is 0 Å². The van der Waals surface area contributed by atoms with E-state index in [0.29, 0.717) is 11.3 Å². The number of rotatable bonds is 5. The summed E-state index contributed by atoms with van der Waals surface area (Å²) in [5.74, 6) is 0.00820. The van der Waals surface area contributed by atoms with Gasteiger partial charge < -0.3 is 9.97 Å². The molecule has 2 aromatic carbocycles. The molecule has 0 saturated carbocycles. The van der Waals surface area contributed by atoms with Crippen molar-refractivity contribution in [2.75, 3.05) is 0 Å². The second-order valence-electron chi connectivity index (χ2n) is 10.9. The predicted molar refractivity (Wildman–Crippen MR) is 136 cm³/mol. The predicted octanol–water partition coefficient (Wildman–Crippen LogP) is 7.35. The molecule has 2 aromatic heterocycles. The zero-order valence-electron chi connectivity index (χ0n) is 20.5. The van der Waals surface area contributed by atoms with E-state index in [0.717, 1.165) is 11.4 Å². The van der Waals surface area contributed by atoms with Gasteiger partial charge in [0.2, 0.25) is 5.78 Å². The zero-order valence-corrected chi connectivity index (χ0v) is 20.5. The Hall–Kier alpha value is -3.33. The van der Waals surface area contributed by atoms with E-state index in [2.05, 4.69) is 94.0 Å². The van der Waals surface area contributed by atoms with Crippen LogP contribution in [0.25, 0.3) is 0 Å². The van der Waals surface area contributed by atoms with Crippen molar-refractivity contribution in [1.82, 2.24) is 9.97 Å². The molecule has 3 nitrogen and oxygen atoms in total. The summed E-state index contributed by atoms with van der Waals surface area (Å²) >= 11 is 0. The van der Waals surface area contributed by atoms with Gasteiger partial charge in [0.05, 0.1) is 11.6 Å². The minimum Gasteiger partial charge on any atom is -0.364 e. The van der Waals surface area contributed by atoms with Crippen LogP contribution < -0.4 is 0 Å². The van der Waals surface area contributed by atoms with Crippen molar-refractivity contribution in [2.24, 2.45) is 0 Å². The topological polar surface area (TPSA) is 48.6 Å². The van der Waals surface area contributed by atoms with Crippen LogP contribution in [0.3, 0.4) is 0 Å². The minimum absolute atomic E-state index is 0.00108. The van der Waals surface area contributed by atoms with Crippen LogP contribution >= 0.6 is 0 Å². The van der Waals surface area contributed by atoms with Crippen LogP contribution in [0.4, 0.5) is 0 Å². The first kappa shape index (κ1) is 22.8. The molecule has 0 bridgehead atoms. The lowest BCUT2D eigenvalue weighted by Gasteiger charge is -2.21. The highest BCUT2D eigenvalue weighted by Crippen LogP contribution is 2.33. The Labute approximate surface area is 197 Å². The van der Waals surface area contributed by atoms with Crippen LogP contribution in [0.1, 0.15) is 91.6 Å². The molecule has 2 heterocycles. The number of hydrogen-bond acceptors (Lipinski definition) is 1. The fourth-order valence-corrected chi connectivity index (χ4v) is 4.22. The van der Waals surface area contributed by atoms with Gasteiger partial charge in [-0.25, -0.2) is 0 Å². The van der Waals surface area contributed by atoms with Crippen LogP contribution in [0.2, 0.25) is 0 Å². The number of carbonyl (C=O) groups excluding carboxylic acids is 1. The maximum atomic E-state index is 13.2. The Morgan fingerprint density at radius 3 is 1.79 bits per heavy atom. The van der Waals surface area contributed by atoms with Gasteiger partial charge in [-0.15, -0.1) is 0 Å². The highest BCUT2D eigenvalue weighted by atomic mass is 16.1. The number of nitrogens with one attached hydrogen (secondary N) is 2. The molecule has 1 unspecified atom stereocenters. The van der Waals surface area contributed by atoms with Crippen molar-refractivity contribution in [3.63, 3.8) is 0 Å². The summed E-state index contributed by atoms with van der Waals surface area (Å²) in [5, 5.41) is 0.